The van der Waals surface area contributed by atoms with E-state index < -0.39 is 0 Å². The van der Waals surface area contributed by atoms with Gasteiger partial charge in [0.05, 0.1) is 25.1 Å². The molecule has 0 atom stereocenters. The second-order valence-corrected chi connectivity index (χ2v) is 5.81. The minimum Gasteiger partial charge on any atom is -0.494 e. The van der Waals surface area contributed by atoms with Crippen LogP contribution in [0, 0.1) is 5.82 Å². The summed E-state index contributed by atoms with van der Waals surface area (Å²) in [6.07, 6.45) is 5.83. The quantitative estimate of drug-likeness (QED) is 0.558. The molecule has 0 spiro atoms. The van der Waals surface area contributed by atoms with E-state index in [2.05, 4.69) is 20.0 Å². The number of aliphatic imine (C=N–C) groups is 3. The molecular formula is C20H19FN4O2. The van der Waals surface area contributed by atoms with Crippen LogP contribution in [0.2, 0.25) is 0 Å². The molecule has 0 radical (unpaired) electrons. The summed E-state index contributed by atoms with van der Waals surface area (Å²) in [5.74, 6) is 0.275. The Labute approximate surface area is 156 Å². The molecule has 0 aliphatic carbocycles. The standard InChI is InChI=1S/C20H19FN4O2/c21-16-4-6-17(7-5-16)27-11-1-2-20(26)15-3-8-18(25-12-15)19-13-23-14-22-9-10-24-19/h3-9,12-13H,1-2,10-11,14H2/b22-9-,23-13+,24-19?. The zero-order valence-electron chi connectivity index (χ0n) is 14.7. The summed E-state index contributed by atoms with van der Waals surface area (Å²) in [5.41, 5.74) is 1.89. The first-order valence-corrected chi connectivity index (χ1v) is 8.63. The number of Topliss-reactive ketones (excluding diaryl/α,β-unsaturated/α-hetero) is 1. The zero-order chi connectivity index (χ0) is 18.9. The van der Waals surface area contributed by atoms with Gasteiger partial charge in [-0.25, -0.2) is 4.39 Å². The van der Waals surface area contributed by atoms with Gasteiger partial charge in [0.25, 0.3) is 0 Å². The lowest BCUT2D eigenvalue weighted by atomic mass is 10.1. The highest BCUT2D eigenvalue weighted by Crippen LogP contribution is 2.12. The Morgan fingerprint density at radius 1 is 1.11 bits per heavy atom. The van der Waals surface area contributed by atoms with Gasteiger partial charge in [0, 0.05) is 24.4 Å². The van der Waals surface area contributed by atoms with Gasteiger partial charge < -0.3 is 4.74 Å². The lowest BCUT2D eigenvalue weighted by Gasteiger charge is -2.06. The molecule has 1 aliphatic heterocycles. The number of carbonyl (C=O) groups excluding carboxylic acids is 1. The number of halogens is 1. The molecule has 2 aromatic rings. The number of benzene rings is 1. The smallest absolute Gasteiger partial charge is 0.164 e. The molecule has 0 bridgehead atoms. The van der Waals surface area contributed by atoms with Gasteiger partial charge in [0.2, 0.25) is 0 Å². The third-order valence-corrected chi connectivity index (χ3v) is 3.83. The molecule has 27 heavy (non-hydrogen) atoms. The molecule has 0 saturated heterocycles. The van der Waals surface area contributed by atoms with Crippen LogP contribution in [0.4, 0.5) is 4.39 Å². The summed E-state index contributed by atoms with van der Waals surface area (Å²) in [6, 6.07) is 9.32. The molecule has 138 valence electrons. The molecule has 1 aliphatic rings. The van der Waals surface area contributed by atoms with Crippen molar-refractivity contribution < 1.29 is 13.9 Å². The van der Waals surface area contributed by atoms with Crippen molar-refractivity contribution in [2.45, 2.75) is 12.8 Å². The highest BCUT2D eigenvalue weighted by atomic mass is 19.1. The van der Waals surface area contributed by atoms with E-state index in [4.69, 9.17) is 4.74 Å². The molecule has 0 saturated carbocycles. The van der Waals surface area contributed by atoms with E-state index in [1.807, 2.05) is 0 Å². The van der Waals surface area contributed by atoms with Gasteiger partial charge in [0.1, 0.15) is 23.9 Å². The van der Waals surface area contributed by atoms with Gasteiger partial charge in [-0.1, -0.05) is 0 Å². The van der Waals surface area contributed by atoms with Gasteiger partial charge in [0.15, 0.2) is 5.78 Å². The number of rotatable bonds is 7. The molecule has 2 heterocycles. The van der Waals surface area contributed by atoms with E-state index in [1.165, 1.54) is 12.1 Å². The number of ketones is 1. The number of pyridine rings is 1. The van der Waals surface area contributed by atoms with E-state index >= 15 is 0 Å². The number of hydrogen-bond donors (Lipinski definition) is 0. The molecular weight excluding hydrogens is 347 g/mol. The van der Waals surface area contributed by atoms with Crippen LogP contribution < -0.4 is 4.74 Å². The molecule has 3 rings (SSSR count). The van der Waals surface area contributed by atoms with E-state index in [-0.39, 0.29) is 11.6 Å². The van der Waals surface area contributed by atoms with Crippen molar-refractivity contribution in [1.82, 2.24) is 4.98 Å². The number of hydrogen-bond acceptors (Lipinski definition) is 6. The summed E-state index contributed by atoms with van der Waals surface area (Å²) in [6.45, 7) is 1.26. The molecule has 6 nitrogen and oxygen atoms in total. The maximum absolute atomic E-state index is 12.8. The third kappa shape index (κ3) is 5.64. The first kappa shape index (κ1) is 18.6. The third-order valence-electron chi connectivity index (χ3n) is 3.83. The van der Waals surface area contributed by atoms with E-state index in [9.17, 15) is 9.18 Å². The lowest BCUT2D eigenvalue weighted by molar-refractivity contribution is 0.0973. The summed E-state index contributed by atoms with van der Waals surface area (Å²) in [7, 11) is 0. The Balaban J connectivity index is 1.50. The number of aromatic nitrogens is 1. The van der Waals surface area contributed by atoms with E-state index in [0.29, 0.717) is 55.4 Å². The maximum Gasteiger partial charge on any atom is 0.164 e. The normalized spacial score (nSPS) is 16.0. The van der Waals surface area contributed by atoms with Crippen LogP contribution in [-0.2, 0) is 0 Å². The first-order chi connectivity index (χ1) is 13.2. The Kier molecular flexibility index (Phi) is 6.51. The largest absolute Gasteiger partial charge is 0.494 e. The van der Waals surface area contributed by atoms with Crippen LogP contribution in [0.5, 0.6) is 5.75 Å². The summed E-state index contributed by atoms with van der Waals surface area (Å²) in [4.78, 5) is 29.1. The second kappa shape index (κ2) is 9.47. The van der Waals surface area contributed by atoms with Gasteiger partial charge >= 0.3 is 0 Å². The molecule has 1 aromatic heterocycles. The van der Waals surface area contributed by atoms with Crippen LogP contribution >= 0.6 is 0 Å². The van der Waals surface area contributed by atoms with E-state index in [1.54, 1.807) is 42.9 Å². The molecule has 0 unspecified atom stereocenters. The van der Waals surface area contributed by atoms with Gasteiger partial charge in [-0.15, -0.1) is 0 Å². The zero-order valence-corrected chi connectivity index (χ0v) is 14.7. The Hall–Kier alpha value is -3.22. The monoisotopic (exact) mass is 366 g/mol. The van der Waals surface area contributed by atoms with Gasteiger partial charge in [-0.3, -0.25) is 24.8 Å². The van der Waals surface area contributed by atoms with Crippen molar-refractivity contribution in [1.29, 1.82) is 0 Å². The number of nitrogens with zero attached hydrogens (tertiary/aromatic N) is 4. The SMILES string of the molecule is O=C(CCCOc1ccc(F)cc1)c1ccc(C2=NC/C=N\C/N=C/2)nc1. The molecule has 0 N–H and O–H groups in total. The fraction of sp³-hybridized carbons (Fsp3) is 0.250. The second-order valence-electron chi connectivity index (χ2n) is 5.81. The van der Waals surface area contributed by atoms with Crippen molar-refractivity contribution in [3.8, 4) is 5.75 Å². The predicted molar refractivity (Wildman–Crippen MR) is 103 cm³/mol. The number of carbonyl (C=O) groups is 1. The summed E-state index contributed by atoms with van der Waals surface area (Å²) in [5, 5.41) is 0. The molecule has 1 aromatic carbocycles. The van der Waals surface area contributed by atoms with Crippen LogP contribution in [0.1, 0.15) is 28.9 Å². The maximum atomic E-state index is 12.8. The van der Waals surface area contributed by atoms with Crippen LogP contribution in [0.3, 0.4) is 0 Å². The number of ether oxygens (including phenoxy) is 1. The molecule has 7 heteroatoms. The van der Waals surface area contributed by atoms with Crippen LogP contribution in [0.25, 0.3) is 0 Å². The average molecular weight is 366 g/mol. The highest BCUT2D eigenvalue weighted by Gasteiger charge is 2.09. The van der Waals surface area contributed by atoms with Crippen molar-refractivity contribution >= 4 is 23.9 Å². The topological polar surface area (TPSA) is 76.3 Å². The van der Waals surface area contributed by atoms with Gasteiger partial charge in [-0.2, -0.15) is 0 Å². The first-order valence-electron chi connectivity index (χ1n) is 8.63. The summed E-state index contributed by atoms with van der Waals surface area (Å²) < 4.78 is 18.3. The summed E-state index contributed by atoms with van der Waals surface area (Å²) >= 11 is 0. The average Bonchev–Trinajstić information content (AvgIpc) is 2.66. The Morgan fingerprint density at radius 3 is 2.74 bits per heavy atom. The Bertz CT molecular complexity index is 859. The van der Waals surface area contributed by atoms with Crippen molar-refractivity contribution in [2.24, 2.45) is 15.0 Å². The van der Waals surface area contributed by atoms with Crippen LogP contribution in [0.15, 0.2) is 57.6 Å². The van der Waals surface area contributed by atoms with Gasteiger partial charge in [-0.05, 0) is 42.8 Å². The Morgan fingerprint density at radius 2 is 1.96 bits per heavy atom. The fourth-order valence-corrected chi connectivity index (χ4v) is 2.43. The van der Waals surface area contributed by atoms with Crippen LogP contribution in [-0.4, -0.2) is 48.7 Å². The highest BCUT2D eigenvalue weighted by molar-refractivity contribution is 6.37. The fourth-order valence-electron chi connectivity index (χ4n) is 2.43. The predicted octanol–water partition coefficient (Wildman–Crippen LogP) is 3.16. The molecule has 0 amide bonds. The minimum absolute atomic E-state index is 0.00263. The lowest BCUT2D eigenvalue weighted by Crippen LogP contribution is -2.10. The van der Waals surface area contributed by atoms with Crippen molar-refractivity contribution in [3.05, 3.63) is 59.7 Å². The minimum atomic E-state index is -0.307. The van der Waals surface area contributed by atoms with Crippen molar-refractivity contribution in [3.63, 3.8) is 0 Å². The van der Waals surface area contributed by atoms with E-state index in [0.717, 1.165) is 0 Å². The van der Waals surface area contributed by atoms with Crippen molar-refractivity contribution in [2.75, 3.05) is 19.8 Å². The molecule has 0 fully saturated rings.